The van der Waals surface area contributed by atoms with Crippen molar-refractivity contribution in [3.05, 3.63) is 40.8 Å². The Morgan fingerprint density at radius 2 is 1.97 bits per heavy atom. The highest BCUT2D eigenvalue weighted by Crippen LogP contribution is 2.41. The number of fused-ring (bicyclic) bond motifs is 2. The third-order valence-corrected chi connectivity index (χ3v) is 7.04. The minimum absolute atomic E-state index is 0.0401. The fourth-order valence-electron chi connectivity index (χ4n) is 4.48. The zero-order chi connectivity index (χ0) is 23.3. The van der Waals surface area contributed by atoms with Gasteiger partial charge in [0, 0.05) is 18.9 Å². The molecule has 1 aliphatic carbocycles. The van der Waals surface area contributed by atoms with Crippen LogP contribution in [0.5, 0.6) is 5.75 Å². The van der Waals surface area contributed by atoms with E-state index in [-0.39, 0.29) is 18.3 Å². The van der Waals surface area contributed by atoms with E-state index in [1.54, 1.807) is 6.07 Å². The topological polar surface area (TPSA) is 91.8 Å². The summed E-state index contributed by atoms with van der Waals surface area (Å²) in [4.78, 5) is 21.9. The number of carbonyl (C=O) groups is 1. The number of aromatic nitrogens is 2. The zero-order valence-electron chi connectivity index (χ0n) is 18.7. The number of benzene rings is 1. The molecule has 1 N–H and O–H groups in total. The van der Waals surface area contributed by atoms with Crippen molar-refractivity contribution in [3.8, 4) is 5.75 Å². The Balaban J connectivity index is 1.42. The van der Waals surface area contributed by atoms with Crippen LogP contribution in [0.15, 0.2) is 24.5 Å². The van der Waals surface area contributed by atoms with E-state index in [2.05, 4.69) is 15.3 Å². The summed E-state index contributed by atoms with van der Waals surface area (Å²) >= 11 is 1.24. The molecule has 3 aromatic rings. The maximum absolute atomic E-state index is 14.1. The van der Waals surface area contributed by atoms with Crippen LogP contribution in [0.2, 0.25) is 0 Å². The van der Waals surface area contributed by atoms with Crippen molar-refractivity contribution in [1.82, 2.24) is 9.97 Å². The maximum atomic E-state index is 14.1. The smallest absolute Gasteiger partial charge is 0.348 e. The molecule has 0 amide bonds. The summed E-state index contributed by atoms with van der Waals surface area (Å²) in [5.74, 6) is -0.559. The van der Waals surface area contributed by atoms with Crippen molar-refractivity contribution in [2.24, 2.45) is 0 Å². The van der Waals surface area contributed by atoms with Gasteiger partial charge in [0.2, 0.25) is 0 Å². The number of nitrogens with one attached hydrogen (secondary N) is 1. The number of anilines is 2. The minimum atomic E-state index is -0.592. The van der Waals surface area contributed by atoms with E-state index in [1.807, 2.05) is 20.8 Å². The summed E-state index contributed by atoms with van der Waals surface area (Å²) in [6, 6.07) is 4.31. The number of carbonyl (C=O) groups excluding carboxylic acids is 1. The third kappa shape index (κ3) is 4.14. The lowest BCUT2D eigenvalue weighted by molar-refractivity contribution is -0.155. The highest BCUT2D eigenvalue weighted by molar-refractivity contribution is 7.20. The molecule has 8 nitrogen and oxygen atoms in total. The van der Waals surface area contributed by atoms with E-state index in [0.717, 1.165) is 5.56 Å². The number of nitrogens with zero attached hydrogens (tertiary/aromatic N) is 2. The molecule has 3 heterocycles. The van der Waals surface area contributed by atoms with Gasteiger partial charge in [-0.15, -0.1) is 11.3 Å². The van der Waals surface area contributed by atoms with Crippen LogP contribution >= 0.6 is 11.3 Å². The number of methoxy groups -OCH3 is 1. The maximum Gasteiger partial charge on any atom is 0.348 e. The van der Waals surface area contributed by atoms with E-state index in [9.17, 15) is 9.18 Å². The van der Waals surface area contributed by atoms with Gasteiger partial charge in [0.1, 0.15) is 39.5 Å². The van der Waals surface area contributed by atoms with Gasteiger partial charge in [-0.05, 0) is 38.5 Å². The zero-order valence-corrected chi connectivity index (χ0v) is 19.5. The van der Waals surface area contributed by atoms with Gasteiger partial charge in [-0.25, -0.2) is 19.2 Å². The highest BCUT2D eigenvalue weighted by atomic mass is 32.1. The molecule has 33 heavy (non-hydrogen) atoms. The fourth-order valence-corrected chi connectivity index (χ4v) is 5.54. The van der Waals surface area contributed by atoms with Gasteiger partial charge in [-0.1, -0.05) is 0 Å². The van der Waals surface area contributed by atoms with Gasteiger partial charge < -0.3 is 24.3 Å². The summed E-state index contributed by atoms with van der Waals surface area (Å²) in [7, 11) is 1.34. The second-order valence-corrected chi connectivity index (χ2v) is 9.64. The molecule has 2 aromatic heterocycles. The molecular weight excluding hydrogens is 449 g/mol. The van der Waals surface area contributed by atoms with Crippen molar-refractivity contribution < 1.29 is 28.1 Å². The van der Waals surface area contributed by atoms with Crippen LogP contribution in [0.1, 0.15) is 41.9 Å². The third-order valence-electron chi connectivity index (χ3n) is 5.86. The van der Waals surface area contributed by atoms with E-state index >= 15 is 0 Å². The summed E-state index contributed by atoms with van der Waals surface area (Å²) in [6.07, 6.45) is 2.49. The predicted octanol–water partition coefficient (Wildman–Crippen LogP) is 4.73. The van der Waals surface area contributed by atoms with E-state index < -0.39 is 17.6 Å². The van der Waals surface area contributed by atoms with Gasteiger partial charge in [0.25, 0.3) is 0 Å². The molecule has 0 radical (unpaired) electrons. The number of ether oxygens (including phenoxy) is 4. The molecule has 10 heteroatoms. The largest absolute Gasteiger partial charge is 0.488 e. The molecule has 0 spiro atoms. The van der Waals surface area contributed by atoms with Crippen molar-refractivity contribution >= 4 is 39.0 Å². The van der Waals surface area contributed by atoms with E-state index in [0.29, 0.717) is 45.2 Å². The number of aryl methyl sites for hydroxylation is 1. The second kappa shape index (κ2) is 8.19. The Labute approximate surface area is 194 Å². The van der Waals surface area contributed by atoms with Crippen LogP contribution in [0.4, 0.5) is 15.9 Å². The number of hydrogen-bond acceptors (Lipinski definition) is 9. The Morgan fingerprint density at radius 3 is 2.67 bits per heavy atom. The molecule has 174 valence electrons. The number of halogens is 1. The van der Waals surface area contributed by atoms with Crippen molar-refractivity contribution in [1.29, 1.82) is 0 Å². The Bertz CT molecular complexity index is 1210. The lowest BCUT2D eigenvalue weighted by Crippen LogP contribution is -2.25. The molecule has 2 unspecified atom stereocenters. The molecular formula is C23H24FN3O5S. The molecule has 1 saturated carbocycles. The van der Waals surface area contributed by atoms with E-state index in [4.69, 9.17) is 18.9 Å². The molecule has 1 aromatic carbocycles. The Morgan fingerprint density at radius 1 is 1.24 bits per heavy atom. The van der Waals surface area contributed by atoms with Gasteiger partial charge in [-0.2, -0.15) is 0 Å². The summed E-state index contributed by atoms with van der Waals surface area (Å²) in [6.45, 7) is 5.62. The first-order valence-corrected chi connectivity index (χ1v) is 11.5. The molecule has 2 atom stereocenters. The minimum Gasteiger partial charge on any atom is -0.488 e. The summed E-state index contributed by atoms with van der Waals surface area (Å²) in [5, 5.41) is 3.95. The van der Waals surface area contributed by atoms with Gasteiger partial charge in [0.15, 0.2) is 5.79 Å². The van der Waals surface area contributed by atoms with Gasteiger partial charge >= 0.3 is 5.97 Å². The lowest BCUT2D eigenvalue weighted by atomic mass is 10.2. The Kier molecular flexibility index (Phi) is 5.46. The molecule has 2 aliphatic rings. The van der Waals surface area contributed by atoms with Crippen LogP contribution in [0.3, 0.4) is 0 Å². The first-order chi connectivity index (χ1) is 15.7. The number of thiophene rings is 1. The monoisotopic (exact) mass is 473 g/mol. The highest BCUT2D eigenvalue weighted by Gasteiger charge is 2.48. The molecule has 1 saturated heterocycles. The van der Waals surface area contributed by atoms with E-state index in [1.165, 1.54) is 36.9 Å². The van der Waals surface area contributed by atoms with Crippen LogP contribution in [-0.4, -0.2) is 47.1 Å². The number of hydrogen-bond donors (Lipinski definition) is 1. The van der Waals surface area contributed by atoms with Crippen LogP contribution < -0.4 is 10.1 Å². The SMILES string of the molecule is COC(=O)c1sc2ncnc(Nc3ccc(F)cc3OC3CC4OC(C)(C)OC4C3)c2c1C. The average Bonchev–Trinajstić information content (AvgIpc) is 3.38. The second-order valence-electron chi connectivity index (χ2n) is 8.64. The first-order valence-electron chi connectivity index (χ1n) is 10.7. The van der Waals surface area contributed by atoms with Crippen molar-refractivity contribution in [2.75, 3.05) is 12.4 Å². The number of esters is 1. The summed E-state index contributed by atoms with van der Waals surface area (Å²) < 4.78 is 37.0. The molecule has 0 bridgehead atoms. The standard InChI is InChI=1S/C23H24FN3O5S/c1-11-18-20(25-10-26-21(18)33-19(11)22(28)29-4)27-14-6-5-12(24)7-15(14)30-13-8-16-17(9-13)32-23(2,3)31-16/h5-7,10,13,16-17H,8-9H2,1-4H3,(H,25,26,27). The van der Waals surface area contributed by atoms with Crippen LogP contribution in [0.25, 0.3) is 10.2 Å². The lowest BCUT2D eigenvalue weighted by Gasteiger charge is -2.22. The van der Waals surface area contributed by atoms with Gasteiger partial charge in [-0.3, -0.25) is 0 Å². The Hall–Kier alpha value is -2.82. The normalized spacial score (nSPS) is 23.5. The predicted molar refractivity (Wildman–Crippen MR) is 121 cm³/mol. The first kappa shape index (κ1) is 22.0. The molecule has 5 rings (SSSR count). The number of rotatable bonds is 5. The summed E-state index contributed by atoms with van der Waals surface area (Å²) in [5.41, 5.74) is 1.27. The van der Waals surface area contributed by atoms with Crippen molar-refractivity contribution in [2.45, 2.75) is 57.7 Å². The van der Waals surface area contributed by atoms with Crippen LogP contribution in [0, 0.1) is 12.7 Å². The molecule has 2 fully saturated rings. The van der Waals surface area contributed by atoms with Gasteiger partial charge in [0.05, 0.1) is 30.4 Å². The fraction of sp³-hybridized carbons (Fsp3) is 0.435. The quantitative estimate of drug-likeness (QED) is 0.532. The van der Waals surface area contributed by atoms with Crippen LogP contribution in [-0.2, 0) is 14.2 Å². The van der Waals surface area contributed by atoms with Crippen molar-refractivity contribution in [3.63, 3.8) is 0 Å². The molecule has 1 aliphatic heterocycles. The average molecular weight is 474 g/mol.